The van der Waals surface area contributed by atoms with Crippen LogP contribution in [0.25, 0.3) is 22.0 Å². The molecule has 4 heteroatoms. The van der Waals surface area contributed by atoms with Crippen molar-refractivity contribution in [3.63, 3.8) is 0 Å². The predicted octanol–water partition coefficient (Wildman–Crippen LogP) is 3.51. The van der Waals surface area contributed by atoms with Gasteiger partial charge in [0.1, 0.15) is 0 Å². The number of fused-ring (bicyclic) bond motifs is 1. The topological polar surface area (TPSA) is 47.8 Å². The molecule has 2 heterocycles. The van der Waals surface area contributed by atoms with Crippen molar-refractivity contribution in [2.75, 3.05) is 0 Å². The van der Waals surface area contributed by atoms with Gasteiger partial charge in [-0.2, -0.15) is 0 Å². The van der Waals surface area contributed by atoms with Crippen LogP contribution in [0.4, 0.5) is 0 Å². The SMILES string of the molecule is O=c1c2cc(-c3ccncc3)ccc2ncn1Cc1ccccc1. The van der Waals surface area contributed by atoms with Gasteiger partial charge in [0.15, 0.2) is 0 Å². The van der Waals surface area contributed by atoms with E-state index >= 15 is 0 Å². The standard InChI is InChI=1S/C20H15N3O/c24-20-18-12-17(16-8-10-21-11-9-16)6-7-19(18)22-14-23(20)13-15-4-2-1-3-5-15/h1-12,14H,13H2. The van der Waals surface area contributed by atoms with E-state index in [1.807, 2.05) is 60.7 Å². The van der Waals surface area contributed by atoms with Crippen LogP contribution < -0.4 is 5.56 Å². The highest BCUT2D eigenvalue weighted by atomic mass is 16.1. The molecule has 4 aromatic rings. The number of rotatable bonds is 3. The van der Waals surface area contributed by atoms with E-state index in [9.17, 15) is 4.79 Å². The first-order valence-corrected chi connectivity index (χ1v) is 7.75. The number of hydrogen-bond donors (Lipinski definition) is 0. The quantitative estimate of drug-likeness (QED) is 0.581. The maximum absolute atomic E-state index is 12.8. The van der Waals surface area contributed by atoms with Gasteiger partial charge in [-0.05, 0) is 41.0 Å². The van der Waals surface area contributed by atoms with Crippen LogP contribution in [-0.4, -0.2) is 14.5 Å². The van der Waals surface area contributed by atoms with Crippen LogP contribution in [0.2, 0.25) is 0 Å². The molecule has 0 fully saturated rings. The zero-order valence-electron chi connectivity index (χ0n) is 13.0. The molecule has 2 aromatic carbocycles. The summed E-state index contributed by atoms with van der Waals surface area (Å²) in [6.45, 7) is 0.516. The van der Waals surface area contributed by atoms with Gasteiger partial charge in [0.05, 0.1) is 23.8 Å². The van der Waals surface area contributed by atoms with Crippen molar-refractivity contribution in [3.05, 3.63) is 95.3 Å². The second kappa shape index (κ2) is 6.08. The molecule has 0 saturated carbocycles. The van der Waals surface area contributed by atoms with E-state index in [1.165, 1.54) is 0 Å². The first kappa shape index (κ1) is 14.3. The summed E-state index contributed by atoms with van der Waals surface area (Å²) in [4.78, 5) is 21.3. The van der Waals surface area contributed by atoms with Crippen molar-refractivity contribution in [1.82, 2.24) is 14.5 Å². The Morgan fingerprint density at radius 2 is 1.67 bits per heavy atom. The maximum atomic E-state index is 12.8. The number of aromatic nitrogens is 3. The minimum absolute atomic E-state index is 0.0280. The van der Waals surface area contributed by atoms with Crippen LogP contribution in [0.3, 0.4) is 0 Å². The average Bonchev–Trinajstić information content (AvgIpc) is 2.65. The minimum atomic E-state index is -0.0280. The zero-order valence-corrected chi connectivity index (χ0v) is 13.0. The van der Waals surface area contributed by atoms with Gasteiger partial charge in [0, 0.05) is 12.4 Å². The van der Waals surface area contributed by atoms with Gasteiger partial charge < -0.3 is 0 Å². The minimum Gasteiger partial charge on any atom is -0.294 e. The lowest BCUT2D eigenvalue weighted by Crippen LogP contribution is -2.21. The smallest absolute Gasteiger partial charge is 0.261 e. The van der Waals surface area contributed by atoms with Crippen LogP contribution in [0.5, 0.6) is 0 Å². The van der Waals surface area contributed by atoms with E-state index in [1.54, 1.807) is 23.3 Å². The second-order valence-corrected chi connectivity index (χ2v) is 5.63. The first-order chi connectivity index (χ1) is 11.8. The molecule has 0 aliphatic rings. The molecule has 0 unspecified atom stereocenters. The summed E-state index contributed by atoms with van der Waals surface area (Å²) in [6, 6.07) is 19.5. The molecule has 24 heavy (non-hydrogen) atoms. The summed E-state index contributed by atoms with van der Waals surface area (Å²) in [6.07, 6.45) is 5.11. The van der Waals surface area contributed by atoms with E-state index in [0.717, 1.165) is 16.7 Å². The third-order valence-electron chi connectivity index (χ3n) is 4.03. The molecule has 4 rings (SSSR count). The van der Waals surface area contributed by atoms with Crippen molar-refractivity contribution >= 4 is 10.9 Å². The van der Waals surface area contributed by atoms with Crippen LogP contribution >= 0.6 is 0 Å². The fraction of sp³-hybridized carbons (Fsp3) is 0.0500. The normalized spacial score (nSPS) is 10.8. The van der Waals surface area contributed by atoms with E-state index in [2.05, 4.69) is 9.97 Å². The van der Waals surface area contributed by atoms with E-state index in [4.69, 9.17) is 0 Å². The fourth-order valence-corrected chi connectivity index (χ4v) is 2.78. The third-order valence-corrected chi connectivity index (χ3v) is 4.03. The Morgan fingerprint density at radius 3 is 2.46 bits per heavy atom. The van der Waals surface area contributed by atoms with E-state index in [0.29, 0.717) is 17.4 Å². The summed E-state index contributed by atoms with van der Waals surface area (Å²) in [5, 5.41) is 0.628. The lowest BCUT2D eigenvalue weighted by molar-refractivity contribution is 0.748. The lowest BCUT2D eigenvalue weighted by Gasteiger charge is -2.08. The Bertz CT molecular complexity index is 1040. The summed E-state index contributed by atoms with van der Waals surface area (Å²) in [5.41, 5.74) is 3.78. The first-order valence-electron chi connectivity index (χ1n) is 7.75. The molecule has 0 aliphatic heterocycles. The molecular weight excluding hydrogens is 298 g/mol. The second-order valence-electron chi connectivity index (χ2n) is 5.63. The molecule has 0 spiro atoms. The van der Waals surface area contributed by atoms with Gasteiger partial charge in [0.2, 0.25) is 0 Å². The molecule has 0 atom stereocenters. The Kier molecular flexibility index (Phi) is 3.63. The molecule has 0 radical (unpaired) electrons. The lowest BCUT2D eigenvalue weighted by atomic mass is 10.1. The van der Waals surface area contributed by atoms with Crippen molar-refractivity contribution < 1.29 is 0 Å². The van der Waals surface area contributed by atoms with Gasteiger partial charge in [-0.15, -0.1) is 0 Å². The van der Waals surface area contributed by atoms with Crippen molar-refractivity contribution in [1.29, 1.82) is 0 Å². The molecule has 116 valence electrons. The average molecular weight is 313 g/mol. The fourth-order valence-electron chi connectivity index (χ4n) is 2.78. The highest BCUT2D eigenvalue weighted by molar-refractivity contribution is 5.83. The highest BCUT2D eigenvalue weighted by Gasteiger charge is 2.07. The van der Waals surface area contributed by atoms with Crippen molar-refractivity contribution in [2.24, 2.45) is 0 Å². The molecule has 0 saturated heterocycles. The Hall–Kier alpha value is -3.27. The van der Waals surface area contributed by atoms with E-state index < -0.39 is 0 Å². The Labute approximate surface area is 139 Å². The molecule has 0 bridgehead atoms. The van der Waals surface area contributed by atoms with Crippen molar-refractivity contribution in [2.45, 2.75) is 6.54 Å². The largest absolute Gasteiger partial charge is 0.294 e. The van der Waals surface area contributed by atoms with Crippen LogP contribution in [0, 0.1) is 0 Å². The third kappa shape index (κ3) is 2.70. The van der Waals surface area contributed by atoms with Crippen LogP contribution in [-0.2, 0) is 6.54 Å². The summed E-state index contributed by atoms with van der Waals surface area (Å²) in [7, 11) is 0. The molecule has 0 amide bonds. The van der Waals surface area contributed by atoms with E-state index in [-0.39, 0.29) is 5.56 Å². The van der Waals surface area contributed by atoms with Gasteiger partial charge in [0.25, 0.3) is 5.56 Å². The molecule has 0 N–H and O–H groups in total. The number of hydrogen-bond acceptors (Lipinski definition) is 3. The summed E-state index contributed by atoms with van der Waals surface area (Å²) >= 11 is 0. The van der Waals surface area contributed by atoms with Gasteiger partial charge in [-0.25, -0.2) is 4.98 Å². The van der Waals surface area contributed by atoms with Gasteiger partial charge in [-0.1, -0.05) is 36.4 Å². The maximum Gasteiger partial charge on any atom is 0.261 e. The summed E-state index contributed by atoms with van der Waals surface area (Å²) < 4.78 is 1.65. The summed E-state index contributed by atoms with van der Waals surface area (Å²) in [5.74, 6) is 0. The molecular formula is C20H15N3O. The Morgan fingerprint density at radius 1 is 0.875 bits per heavy atom. The number of benzene rings is 2. The van der Waals surface area contributed by atoms with Crippen LogP contribution in [0.1, 0.15) is 5.56 Å². The molecule has 2 aromatic heterocycles. The monoisotopic (exact) mass is 313 g/mol. The molecule has 0 aliphatic carbocycles. The van der Waals surface area contributed by atoms with Crippen LogP contribution in [0.15, 0.2) is 84.2 Å². The Balaban J connectivity index is 1.81. The molecule has 4 nitrogen and oxygen atoms in total. The van der Waals surface area contributed by atoms with Crippen molar-refractivity contribution in [3.8, 4) is 11.1 Å². The number of nitrogens with zero attached hydrogens (tertiary/aromatic N) is 3. The zero-order chi connectivity index (χ0) is 16.4. The van der Waals surface area contributed by atoms with Gasteiger partial charge >= 0.3 is 0 Å². The number of pyridine rings is 1. The van der Waals surface area contributed by atoms with Gasteiger partial charge in [-0.3, -0.25) is 14.3 Å². The predicted molar refractivity (Wildman–Crippen MR) is 94.8 cm³/mol. The highest BCUT2D eigenvalue weighted by Crippen LogP contribution is 2.21.